The molecule has 1 N–H and O–H groups in total. The highest BCUT2D eigenvalue weighted by Gasteiger charge is 2.10. The van der Waals surface area contributed by atoms with Crippen LogP contribution in [0.15, 0.2) is 54.6 Å². The van der Waals surface area contributed by atoms with Crippen LogP contribution in [-0.4, -0.2) is 14.8 Å². The van der Waals surface area contributed by atoms with Gasteiger partial charge in [0.1, 0.15) is 0 Å². The molecule has 3 aromatic rings. The van der Waals surface area contributed by atoms with Crippen molar-refractivity contribution < 1.29 is 0 Å². The SMILES string of the molecule is CCc1ccc(-c2n[nH]c(=S)n2-c2ccccc2)cc1. The van der Waals surface area contributed by atoms with Crippen molar-refractivity contribution in [2.45, 2.75) is 13.3 Å². The molecule has 3 nitrogen and oxygen atoms in total. The number of rotatable bonds is 3. The number of H-pyrrole nitrogens is 1. The molecular formula is C16H15N3S. The van der Waals surface area contributed by atoms with Gasteiger partial charge < -0.3 is 0 Å². The molecule has 0 saturated heterocycles. The summed E-state index contributed by atoms with van der Waals surface area (Å²) in [6.07, 6.45) is 1.03. The smallest absolute Gasteiger partial charge is 0.200 e. The zero-order chi connectivity index (χ0) is 13.9. The first-order chi connectivity index (χ1) is 9.79. The van der Waals surface area contributed by atoms with E-state index in [-0.39, 0.29) is 0 Å². The maximum Gasteiger partial charge on any atom is 0.200 e. The summed E-state index contributed by atoms with van der Waals surface area (Å²) in [5.74, 6) is 0.837. The summed E-state index contributed by atoms with van der Waals surface area (Å²) >= 11 is 5.35. The zero-order valence-electron chi connectivity index (χ0n) is 11.2. The maximum atomic E-state index is 5.35. The first-order valence-electron chi connectivity index (χ1n) is 6.61. The molecule has 0 saturated carbocycles. The average Bonchev–Trinajstić information content (AvgIpc) is 2.90. The van der Waals surface area contributed by atoms with Gasteiger partial charge in [0.15, 0.2) is 10.6 Å². The number of aromatic nitrogens is 3. The lowest BCUT2D eigenvalue weighted by atomic mass is 10.1. The fourth-order valence-corrected chi connectivity index (χ4v) is 2.43. The minimum atomic E-state index is 0.603. The third-order valence-electron chi connectivity index (χ3n) is 3.31. The van der Waals surface area contributed by atoms with Crippen LogP contribution in [0.5, 0.6) is 0 Å². The van der Waals surface area contributed by atoms with Crippen molar-refractivity contribution in [3.05, 3.63) is 64.9 Å². The van der Waals surface area contributed by atoms with Crippen LogP contribution in [0.3, 0.4) is 0 Å². The average molecular weight is 281 g/mol. The highest BCUT2D eigenvalue weighted by atomic mass is 32.1. The van der Waals surface area contributed by atoms with Crippen molar-refractivity contribution in [1.29, 1.82) is 0 Å². The first kappa shape index (κ1) is 12.8. The standard InChI is InChI=1S/C16H15N3S/c1-2-12-8-10-13(11-9-12)15-17-18-16(20)19(15)14-6-4-3-5-7-14/h3-11H,2H2,1H3,(H,18,20). The Morgan fingerprint density at radius 3 is 2.40 bits per heavy atom. The summed E-state index contributed by atoms with van der Waals surface area (Å²) in [6.45, 7) is 2.15. The van der Waals surface area contributed by atoms with E-state index in [4.69, 9.17) is 12.2 Å². The van der Waals surface area contributed by atoms with E-state index in [0.29, 0.717) is 4.77 Å². The molecule has 0 spiro atoms. The Hall–Kier alpha value is -2.20. The van der Waals surface area contributed by atoms with Gasteiger partial charge in [-0.1, -0.05) is 49.4 Å². The van der Waals surface area contributed by atoms with Crippen molar-refractivity contribution in [2.75, 3.05) is 0 Å². The Kier molecular flexibility index (Phi) is 3.48. The second kappa shape index (κ2) is 5.43. The minimum absolute atomic E-state index is 0.603. The molecule has 3 rings (SSSR count). The number of hydrogen-bond donors (Lipinski definition) is 1. The molecule has 0 bridgehead atoms. The molecule has 0 radical (unpaired) electrons. The molecule has 4 heteroatoms. The van der Waals surface area contributed by atoms with Crippen molar-refractivity contribution >= 4 is 12.2 Å². The third kappa shape index (κ3) is 2.30. The van der Waals surface area contributed by atoms with E-state index >= 15 is 0 Å². The second-order valence-electron chi connectivity index (χ2n) is 4.57. The van der Waals surface area contributed by atoms with Crippen LogP contribution in [0.4, 0.5) is 0 Å². The van der Waals surface area contributed by atoms with Crippen LogP contribution in [0.25, 0.3) is 17.1 Å². The van der Waals surface area contributed by atoms with E-state index in [9.17, 15) is 0 Å². The Balaban J connectivity index is 2.13. The van der Waals surface area contributed by atoms with Crippen LogP contribution in [0.2, 0.25) is 0 Å². The van der Waals surface area contributed by atoms with Gasteiger partial charge in [0.25, 0.3) is 0 Å². The monoisotopic (exact) mass is 281 g/mol. The highest BCUT2D eigenvalue weighted by Crippen LogP contribution is 2.21. The van der Waals surface area contributed by atoms with Crippen LogP contribution >= 0.6 is 12.2 Å². The van der Waals surface area contributed by atoms with Gasteiger partial charge in [-0.2, -0.15) is 5.10 Å². The topological polar surface area (TPSA) is 33.6 Å². The molecule has 1 aromatic heterocycles. The molecule has 0 aliphatic carbocycles. The molecule has 20 heavy (non-hydrogen) atoms. The molecule has 1 heterocycles. The first-order valence-corrected chi connectivity index (χ1v) is 7.02. The van der Waals surface area contributed by atoms with Crippen molar-refractivity contribution in [3.8, 4) is 17.1 Å². The van der Waals surface area contributed by atoms with Gasteiger partial charge in [0, 0.05) is 11.3 Å². The summed E-state index contributed by atoms with van der Waals surface area (Å²) in [5, 5.41) is 7.24. The van der Waals surface area contributed by atoms with Gasteiger partial charge in [-0.15, -0.1) is 0 Å². The quantitative estimate of drug-likeness (QED) is 0.731. The molecule has 0 fully saturated rings. The summed E-state index contributed by atoms with van der Waals surface area (Å²) in [6, 6.07) is 18.5. The fraction of sp³-hybridized carbons (Fsp3) is 0.125. The lowest BCUT2D eigenvalue weighted by molar-refractivity contribution is 1.04. The minimum Gasteiger partial charge on any atom is -0.268 e. The van der Waals surface area contributed by atoms with Gasteiger partial charge in [-0.05, 0) is 36.3 Å². The summed E-state index contributed by atoms with van der Waals surface area (Å²) in [4.78, 5) is 0. The highest BCUT2D eigenvalue weighted by molar-refractivity contribution is 7.71. The Morgan fingerprint density at radius 2 is 1.75 bits per heavy atom. The summed E-state index contributed by atoms with van der Waals surface area (Å²) in [5.41, 5.74) is 3.38. The van der Waals surface area contributed by atoms with E-state index in [0.717, 1.165) is 23.5 Å². The number of benzene rings is 2. The Bertz CT molecular complexity index is 754. The maximum absolute atomic E-state index is 5.35. The van der Waals surface area contributed by atoms with E-state index in [1.54, 1.807) is 0 Å². The molecule has 0 aliphatic heterocycles. The van der Waals surface area contributed by atoms with E-state index in [1.807, 2.05) is 34.9 Å². The van der Waals surface area contributed by atoms with E-state index in [1.165, 1.54) is 5.56 Å². The fourth-order valence-electron chi connectivity index (χ4n) is 2.20. The lowest BCUT2D eigenvalue weighted by Gasteiger charge is -2.07. The molecule has 0 unspecified atom stereocenters. The largest absolute Gasteiger partial charge is 0.268 e. The predicted octanol–water partition coefficient (Wildman–Crippen LogP) is 4.16. The summed E-state index contributed by atoms with van der Waals surface area (Å²) in [7, 11) is 0. The molecule has 0 amide bonds. The third-order valence-corrected chi connectivity index (χ3v) is 3.58. The van der Waals surface area contributed by atoms with Gasteiger partial charge in [-0.25, -0.2) is 0 Å². The number of para-hydroxylation sites is 1. The van der Waals surface area contributed by atoms with Gasteiger partial charge in [0.2, 0.25) is 0 Å². The Labute approximate surface area is 122 Å². The number of aromatic amines is 1. The normalized spacial score (nSPS) is 10.7. The summed E-state index contributed by atoms with van der Waals surface area (Å²) < 4.78 is 2.56. The number of nitrogens with one attached hydrogen (secondary N) is 1. The Morgan fingerprint density at radius 1 is 1.05 bits per heavy atom. The molecule has 2 aromatic carbocycles. The predicted molar refractivity (Wildman–Crippen MR) is 83.6 cm³/mol. The number of nitrogens with zero attached hydrogens (tertiary/aromatic N) is 2. The van der Waals surface area contributed by atoms with E-state index in [2.05, 4.69) is 41.4 Å². The van der Waals surface area contributed by atoms with Crippen molar-refractivity contribution in [3.63, 3.8) is 0 Å². The molecule has 0 aliphatic rings. The lowest BCUT2D eigenvalue weighted by Crippen LogP contribution is -1.97. The molecule has 0 atom stereocenters. The molecular weight excluding hydrogens is 266 g/mol. The van der Waals surface area contributed by atoms with E-state index < -0.39 is 0 Å². The van der Waals surface area contributed by atoms with Crippen LogP contribution in [0, 0.1) is 4.77 Å². The number of hydrogen-bond acceptors (Lipinski definition) is 2. The zero-order valence-corrected chi connectivity index (χ0v) is 12.0. The van der Waals surface area contributed by atoms with Gasteiger partial charge in [-0.3, -0.25) is 9.67 Å². The van der Waals surface area contributed by atoms with Crippen LogP contribution in [-0.2, 0) is 6.42 Å². The molecule has 100 valence electrons. The van der Waals surface area contributed by atoms with Crippen molar-refractivity contribution in [1.82, 2.24) is 14.8 Å². The van der Waals surface area contributed by atoms with Crippen LogP contribution < -0.4 is 0 Å². The second-order valence-corrected chi connectivity index (χ2v) is 4.96. The number of aryl methyl sites for hydroxylation is 1. The van der Waals surface area contributed by atoms with Gasteiger partial charge >= 0.3 is 0 Å². The van der Waals surface area contributed by atoms with Gasteiger partial charge in [0.05, 0.1) is 0 Å². The van der Waals surface area contributed by atoms with Crippen LogP contribution in [0.1, 0.15) is 12.5 Å². The van der Waals surface area contributed by atoms with Crippen molar-refractivity contribution in [2.24, 2.45) is 0 Å².